The lowest BCUT2D eigenvalue weighted by Gasteiger charge is -2.22. The Balaban J connectivity index is 1.58. The summed E-state index contributed by atoms with van der Waals surface area (Å²) in [5.41, 5.74) is 5.79. The molecular weight excluding hydrogens is 415 g/mol. The maximum absolute atomic E-state index is 13.7. The second-order valence-corrected chi connectivity index (χ2v) is 8.48. The van der Waals surface area contributed by atoms with Gasteiger partial charge in [0, 0.05) is 34.4 Å². The molecule has 1 fully saturated rings. The summed E-state index contributed by atoms with van der Waals surface area (Å²) in [5, 5.41) is 1.35. The van der Waals surface area contributed by atoms with Crippen molar-refractivity contribution in [2.24, 2.45) is 0 Å². The number of nitrogens with zero attached hydrogens (tertiary/aromatic N) is 2. The largest absolute Gasteiger partial charge is 0.370 e. The van der Waals surface area contributed by atoms with Gasteiger partial charge in [0.15, 0.2) is 0 Å². The zero-order valence-electron chi connectivity index (χ0n) is 16.3. The number of anilines is 2. The van der Waals surface area contributed by atoms with Crippen molar-refractivity contribution in [3.8, 4) is 0 Å². The predicted molar refractivity (Wildman–Crippen MR) is 123 cm³/mol. The van der Waals surface area contributed by atoms with Gasteiger partial charge in [0.05, 0.1) is 16.9 Å². The highest BCUT2D eigenvalue weighted by molar-refractivity contribution is 6.36. The Kier molecular flexibility index (Phi) is 5.01. The minimum absolute atomic E-state index is 0.0106. The van der Waals surface area contributed by atoms with Gasteiger partial charge in [0.1, 0.15) is 0 Å². The summed E-state index contributed by atoms with van der Waals surface area (Å²) < 4.78 is 0. The molecular formula is C25H20Cl2N2O. The zero-order chi connectivity index (χ0) is 20.7. The summed E-state index contributed by atoms with van der Waals surface area (Å²) in [6.07, 6.45) is 1.94. The van der Waals surface area contributed by atoms with E-state index in [4.69, 9.17) is 23.2 Å². The molecule has 3 aromatic rings. The molecule has 2 aliphatic rings. The van der Waals surface area contributed by atoms with Crippen molar-refractivity contribution in [1.82, 2.24) is 4.90 Å². The van der Waals surface area contributed by atoms with Crippen molar-refractivity contribution >= 4 is 46.1 Å². The van der Waals surface area contributed by atoms with Gasteiger partial charge in [-0.15, -0.1) is 0 Å². The third-order valence-electron chi connectivity index (χ3n) is 5.70. The second kappa shape index (κ2) is 7.82. The van der Waals surface area contributed by atoms with Crippen LogP contribution >= 0.6 is 23.2 Å². The lowest BCUT2D eigenvalue weighted by atomic mass is 10.0. The van der Waals surface area contributed by atoms with Crippen LogP contribution in [0.2, 0.25) is 10.0 Å². The van der Waals surface area contributed by atoms with Crippen molar-refractivity contribution in [3.63, 3.8) is 0 Å². The number of para-hydroxylation sites is 1. The van der Waals surface area contributed by atoms with Crippen LogP contribution in [0, 0.1) is 0 Å². The number of likely N-dealkylation sites (tertiary alicyclic amines) is 1. The Morgan fingerprint density at radius 1 is 0.867 bits per heavy atom. The summed E-state index contributed by atoms with van der Waals surface area (Å²) in [7, 11) is 0. The molecule has 0 bridgehead atoms. The van der Waals surface area contributed by atoms with Crippen LogP contribution in [0.25, 0.3) is 5.57 Å². The van der Waals surface area contributed by atoms with Crippen LogP contribution in [-0.2, 0) is 11.3 Å². The van der Waals surface area contributed by atoms with E-state index in [1.807, 2.05) is 72.8 Å². The molecule has 5 heteroatoms. The summed E-state index contributed by atoms with van der Waals surface area (Å²) in [4.78, 5) is 17.8. The molecule has 0 unspecified atom stereocenters. The number of hydrogen-bond donors (Lipinski definition) is 0. The maximum Gasteiger partial charge on any atom is 0.265 e. The van der Waals surface area contributed by atoms with Gasteiger partial charge in [0.25, 0.3) is 5.91 Å². The number of amides is 1. The van der Waals surface area contributed by atoms with Crippen LogP contribution in [0.4, 0.5) is 11.4 Å². The van der Waals surface area contributed by atoms with Crippen LogP contribution in [-0.4, -0.2) is 17.4 Å². The highest BCUT2D eigenvalue weighted by atomic mass is 35.5. The fourth-order valence-corrected chi connectivity index (χ4v) is 4.68. The first-order valence-corrected chi connectivity index (χ1v) is 10.8. The van der Waals surface area contributed by atoms with Crippen molar-refractivity contribution in [3.05, 3.63) is 99.7 Å². The summed E-state index contributed by atoms with van der Waals surface area (Å²) in [5.74, 6) is 0.0106. The Morgan fingerprint density at radius 3 is 2.47 bits per heavy atom. The van der Waals surface area contributed by atoms with E-state index in [1.165, 1.54) is 5.56 Å². The molecule has 150 valence electrons. The fourth-order valence-electron chi connectivity index (χ4n) is 4.37. The molecule has 1 amide bonds. The topological polar surface area (TPSA) is 23.6 Å². The fraction of sp³-hybridized carbons (Fsp3) is 0.160. The molecule has 2 heterocycles. The third-order valence-corrected chi connectivity index (χ3v) is 6.18. The molecule has 0 N–H and O–H groups in total. The number of hydrogen-bond acceptors (Lipinski definition) is 2. The smallest absolute Gasteiger partial charge is 0.265 e. The van der Waals surface area contributed by atoms with Crippen LogP contribution in [0.1, 0.15) is 24.0 Å². The van der Waals surface area contributed by atoms with E-state index in [9.17, 15) is 4.79 Å². The van der Waals surface area contributed by atoms with Crippen LogP contribution in [0.5, 0.6) is 0 Å². The average Bonchev–Trinajstić information content (AvgIpc) is 3.30. The van der Waals surface area contributed by atoms with Crippen molar-refractivity contribution < 1.29 is 4.79 Å². The molecule has 30 heavy (non-hydrogen) atoms. The Labute approximate surface area is 186 Å². The molecule has 0 aromatic heterocycles. The van der Waals surface area contributed by atoms with Crippen LogP contribution < -0.4 is 4.90 Å². The Morgan fingerprint density at radius 2 is 1.67 bits per heavy atom. The van der Waals surface area contributed by atoms with Gasteiger partial charge < -0.3 is 4.90 Å². The number of carbonyl (C=O) groups excluding carboxylic acids is 1. The molecule has 1 saturated heterocycles. The SMILES string of the molecule is O=C1/C(=C2\CCCN2Cc2ccc(Cl)cc2)c2ccccc2N1c1cccc(Cl)c1. The standard InChI is InChI=1S/C25H20Cl2N2O/c26-18-12-10-17(11-13-18)16-28-14-4-9-23(28)24-21-7-1-2-8-22(21)29(25(24)30)20-6-3-5-19(27)15-20/h1-3,5-8,10-13,15H,4,9,14,16H2/b24-23+. The number of carbonyl (C=O) groups is 1. The molecule has 3 aromatic carbocycles. The lowest BCUT2D eigenvalue weighted by molar-refractivity contribution is -0.112. The highest BCUT2D eigenvalue weighted by Gasteiger charge is 2.37. The van der Waals surface area contributed by atoms with E-state index in [-0.39, 0.29) is 5.91 Å². The third kappa shape index (κ3) is 3.38. The van der Waals surface area contributed by atoms with Crippen LogP contribution in [0.3, 0.4) is 0 Å². The summed E-state index contributed by atoms with van der Waals surface area (Å²) >= 11 is 12.3. The Bertz CT molecular complexity index is 1150. The summed E-state index contributed by atoms with van der Waals surface area (Å²) in [6.45, 7) is 1.71. The number of rotatable bonds is 3. The van der Waals surface area contributed by atoms with E-state index >= 15 is 0 Å². The van der Waals surface area contributed by atoms with Gasteiger partial charge >= 0.3 is 0 Å². The molecule has 0 radical (unpaired) electrons. The lowest BCUT2D eigenvalue weighted by Crippen LogP contribution is -2.24. The molecule has 0 spiro atoms. The molecule has 0 saturated carbocycles. The first-order valence-electron chi connectivity index (χ1n) is 10.0. The van der Waals surface area contributed by atoms with Gasteiger partial charge in [0.2, 0.25) is 0 Å². The minimum atomic E-state index is 0.0106. The predicted octanol–water partition coefficient (Wildman–Crippen LogP) is 6.68. The molecule has 0 aliphatic carbocycles. The van der Waals surface area contributed by atoms with Crippen molar-refractivity contribution in [2.45, 2.75) is 19.4 Å². The molecule has 2 aliphatic heterocycles. The zero-order valence-corrected chi connectivity index (χ0v) is 17.8. The van der Waals surface area contributed by atoms with E-state index in [0.29, 0.717) is 5.02 Å². The van der Waals surface area contributed by atoms with Gasteiger partial charge in [-0.3, -0.25) is 9.69 Å². The monoisotopic (exact) mass is 434 g/mol. The number of allylic oxidation sites excluding steroid dienone is 1. The highest BCUT2D eigenvalue weighted by Crippen LogP contribution is 2.45. The number of halogens is 2. The second-order valence-electron chi connectivity index (χ2n) is 7.61. The van der Waals surface area contributed by atoms with Gasteiger partial charge in [-0.2, -0.15) is 0 Å². The van der Waals surface area contributed by atoms with Gasteiger partial charge in [-0.25, -0.2) is 0 Å². The average molecular weight is 435 g/mol. The van der Waals surface area contributed by atoms with Gasteiger partial charge in [-0.1, -0.05) is 59.6 Å². The van der Waals surface area contributed by atoms with E-state index < -0.39 is 0 Å². The minimum Gasteiger partial charge on any atom is -0.370 e. The van der Waals surface area contributed by atoms with Crippen molar-refractivity contribution in [1.29, 1.82) is 0 Å². The van der Waals surface area contributed by atoms with E-state index in [1.54, 1.807) is 4.90 Å². The maximum atomic E-state index is 13.7. The Hall–Kier alpha value is -2.75. The van der Waals surface area contributed by atoms with Gasteiger partial charge in [-0.05, 0) is 54.8 Å². The van der Waals surface area contributed by atoms with E-state index in [2.05, 4.69) is 4.90 Å². The molecule has 5 rings (SSSR count). The summed E-state index contributed by atoms with van der Waals surface area (Å²) in [6, 6.07) is 23.4. The first kappa shape index (κ1) is 19.2. The number of fused-ring (bicyclic) bond motifs is 1. The normalized spacial score (nSPS) is 18.3. The number of benzene rings is 3. The van der Waals surface area contributed by atoms with Crippen molar-refractivity contribution in [2.75, 3.05) is 11.4 Å². The quantitative estimate of drug-likeness (QED) is 0.429. The van der Waals surface area contributed by atoms with E-state index in [0.717, 1.165) is 59.2 Å². The molecule has 3 nitrogen and oxygen atoms in total. The molecule has 0 atom stereocenters. The van der Waals surface area contributed by atoms with Crippen LogP contribution in [0.15, 0.2) is 78.5 Å². The first-order chi connectivity index (χ1) is 14.6.